The SMILES string of the molecule is Cc1cccc(NC(=O)CN2CCN(C(=O)C3C4CCC(C4)C3N)CC2)c1C. The molecule has 2 amide bonds. The number of fused-ring (bicyclic) bond motifs is 2. The number of piperazine rings is 1. The first-order chi connectivity index (χ1) is 13.4. The number of carbonyl (C=O) groups is 2. The van der Waals surface area contributed by atoms with E-state index < -0.39 is 0 Å². The van der Waals surface area contributed by atoms with E-state index in [0.29, 0.717) is 31.5 Å². The summed E-state index contributed by atoms with van der Waals surface area (Å²) in [6.45, 7) is 7.29. The van der Waals surface area contributed by atoms with Gasteiger partial charge in [-0.2, -0.15) is 0 Å². The lowest BCUT2D eigenvalue weighted by Gasteiger charge is -2.38. The lowest BCUT2D eigenvalue weighted by molar-refractivity contribution is -0.139. The average molecular weight is 385 g/mol. The molecule has 0 spiro atoms. The molecule has 2 saturated carbocycles. The van der Waals surface area contributed by atoms with Gasteiger partial charge in [-0.3, -0.25) is 14.5 Å². The summed E-state index contributed by atoms with van der Waals surface area (Å²) in [5, 5.41) is 3.02. The van der Waals surface area contributed by atoms with Crippen LogP contribution in [0, 0.1) is 31.6 Å². The normalized spacial score (nSPS) is 29.9. The van der Waals surface area contributed by atoms with E-state index in [1.807, 2.05) is 36.9 Å². The molecule has 4 rings (SSSR count). The van der Waals surface area contributed by atoms with Gasteiger partial charge >= 0.3 is 0 Å². The van der Waals surface area contributed by atoms with E-state index in [9.17, 15) is 9.59 Å². The minimum Gasteiger partial charge on any atom is -0.340 e. The first-order valence-corrected chi connectivity index (χ1v) is 10.6. The molecule has 28 heavy (non-hydrogen) atoms. The van der Waals surface area contributed by atoms with Crippen LogP contribution < -0.4 is 11.1 Å². The molecule has 6 heteroatoms. The number of nitrogens with two attached hydrogens (primary N) is 1. The second kappa shape index (κ2) is 7.84. The van der Waals surface area contributed by atoms with Gasteiger partial charge in [-0.1, -0.05) is 12.1 Å². The fourth-order valence-corrected chi connectivity index (χ4v) is 5.32. The zero-order valence-electron chi connectivity index (χ0n) is 17.0. The molecule has 0 aromatic heterocycles. The summed E-state index contributed by atoms with van der Waals surface area (Å²) in [6.07, 6.45) is 3.49. The van der Waals surface area contributed by atoms with Crippen molar-refractivity contribution in [3.63, 3.8) is 0 Å². The van der Waals surface area contributed by atoms with Gasteiger partial charge in [0.05, 0.1) is 12.5 Å². The van der Waals surface area contributed by atoms with Crippen LogP contribution in [-0.4, -0.2) is 60.4 Å². The Hall–Kier alpha value is -1.92. The van der Waals surface area contributed by atoms with Gasteiger partial charge in [0.15, 0.2) is 0 Å². The minimum absolute atomic E-state index is 0.00333. The number of carbonyl (C=O) groups excluding carboxylic acids is 2. The largest absolute Gasteiger partial charge is 0.340 e. The maximum atomic E-state index is 13.0. The predicted octanol–water partition coefficient (Wildman–Crippen LogP) is 1.76. The van der Waals surface area contributed by atoms with Gasteiger partial charge in [-0.05, 0) is 62.1 Å². The molecular formula is C22H32N4O2. The fourth-order valence-electron chi connectivity index (χ4n) is 5.32. The zero-order valence-corrected chi connectivity index (χ0v) is 17.0. The molecule has 4 atom stereocenters. The van der Waals surface area contributed by atoms with Crippen LogP contribution in [0.5, 0.6) is 0 Å². The van der Waals surface area contributed by atoms with Crippen molar-refractivity contribution in [1.82, 2.24) is 9.80 Å². The maximum absolute atomic E-state index is 13.0. The molecule has 1 aromatic rings. The highest BCUT2D eigenvalue weighted by Gasteiger charge is 2.50. The van der Waals surface area contributed by atoms with Crippen molar-refractivity contribution >= 4 is 17.5 Å². The third-order valence-electron chi connectivity index (χ3n) is 7.20. The van der Waals surface area contributed by atoms with Gasteiger partial charge in [-0.25, -0.2) is 0 Å². The molecule has 1 saturated heterocycles. The Morgan fingerprint density at radius 1 is 1.11 bits per heavy atom. The highest BCUT2D eigenvalue weighted by atomic mass is 16.2. The molecule has 2 bridgehead atoms. The third kappa shape index (κ3) is 3.67. The van der Waals surface area contributed by atoms with E-state index in [2.05, 4.69) is 10.2 Å². The molecule has 1 heterocycles. The van der Waals surface area contributed by atoms with Crippen molar-refractivity contribution in [2.24, 2.45) is 23.5 Å². The smallest absolute Gasteiger partial charge is 0.238 e. The van der Waals surface area contributed by atoms with Gasteiger partial charge in [0, 0.05) is 37.9 Å². The number of benzene rings is 1. The molecule has 3 aliphatic rings. The Labute approximate surface area is 167 Å². The van der Waals surface area contributed by atoms with E-state index in [1.165, 1.54) is 12.0 Å². The van der Waals surface area contributed by atoms with Crippen LogP contribution >= 0.6 is 0 Å². The van der Waals surface area contributed by atoms with Crippen LogP contribution in [0.3, 0.4) is 0 Å². The number of hydrogen-bond acceptors (Lipinski definition) is 4. The number of nitrogens with one attached hydrogen (secondary N) is 1. The highest BCUT2D eigenvalue weighted by Crippen LogP contribution is 2.48. The van der Waals surface area contributed by atoms with E-state index in [0.717, 1.165) is 37.2 Å². The molecule has 1 aliphatic heterocycles. The monoisotopic (exact) mass is 384 g/mol. The van der Waals surface area contributed by atoms with Crippen molar-refractivity contribution < 1.29 is 9.59 Å². The number of aryl methyl sites for hydroxylation is 1. The Morgan fingerprint density at radius 3 is 2.50 bits per heavy atom. The van der Waals surface area contributed by atoms with Crippen molar-refractivity contribution in [3.8, 4) is 0 Å². The maximum Gasteiger partial charge on any atom is 0.238 e. The number of hydrogen-bond donors (Lipinski definition) is 2. The lowest BCUT2D eigenvalue weighted by atomic mass is 9.84. The van der Waals surface area contributed by atoms with Gasteiger partial charge in [0.1, 0.15) is 0 Å². The highest BCUT2D eigenvalue weighted by molar-refractivity contribution is 5.93. The summed E-state index contributed by atoms with van der Waals surface area (Å²) in [5.74, 6) is 1.32. The average Bonchev–Trinajstić information content (AvgIpc) is 3.27. The van der Waals surface area contributed by atoms with Gasteiger partial charge in [0.25, 0.3) is 0 Å². The molecular weight excluding hydrogens is 352 g/mol. The fraction of sp³-hybridized carbons (Fsp3) is 0.636. The first-order valence-electron chi connectivity index (χ1n) is 10.6. The number of nitrogens with zero attached hydrogens (tertiary/aromatic N) is 2. The lowest BCUT2D eigenvalue weighted by Crippen LogP contribution is -2.54. The summed E-state index contributed by atoms with van der Waals surface area (Å²) < 4.78 is 0. The summed E-state index contributed by atoms with van der Waals surface area (Å²) in [6, 6.07) is 5.99. The molecule has 152 valence electrons. The summed E-state index contributed by atoms with van der Waals surface area (Å²) in [7, 11) is 0. The van der Waals surface area contributed by atoms with Crippen molar-refractivity contribution in [2.75, 3.05) is 38.0 Å². The summed E-state index contributed by atoms with van der Waals surface area (Å²) in [5.41, 5.74) is 9.50. The van der Waals surface area contributed by atoms with Crippen molar-refractivity contribution in [3.05, 3.63) is 29.3 Å². The number of rotatable bonds is 4. The quantitative estimate of drug-likeness (QED) is 0.829. The van der Waals surface area contributed by atoms with E-state index in [4.69, 9.17) is 5.73 Å². The van der Waals surface area contributed by atoms with Crippen LogP contribution in [-0.2, 0) is 9.59 Å². The predicted molar refractivity (Wildman–Crippen MR) is 110 cm³/mol. The second-order valence-electron chi connectivity index (χ2n) is 8.83. The van der Waals surface area contributed by atoms with Crippen LogP contribution in [0.15, 0.2) is 18.2 Å². The van der Waals surface area contributed by atoms with E-state index >= 15 is 0 Å². The van der Waals surface area contributed by atoms with Crippen LogP contribution in [0.1, 0.15) is 30.4 Å². The zero-order chi connectivity index (χ0) is 19.8. The van der Waals surface area contributed by atoms with Gasteiger partial charge in [-0.15, -0.1) is 0 Å². The first kappa shape index (κ1) is 19.4. The molecule has 3 N–H and O–H groups in total. The van der Waals surface area contributed by atoms with Gasteiger partial charge < -0.3 is 16.0 Å². The van der Waals surface area contributed by atoms with Crippen LogP contribution in [0.4, 0.5) is 5.69 Å². The van der Waals surface area contributed by atoms with E-state index in [-0.39, 0.29) is 23.8 Å². The molecule has 6 nitrogen and oxygen atoms in total. The van der Waals surface area contributed by atoms with Crippen LogP contribution in [0.25, 0.3) is 0 Å². The Morgan fingerprint density at radius 2 is 1.82 bits per heavy atom. The summed E-state index contributed by atoms with van der Waals surface area (Å²) >= 11 is 0. The van der Waals surface area contributed by atoms with Gasteiger partial charge in [0.2, 0.25) is 11.8 Å². The Bertz CT molecular complexity index is 755. The molecule has 0 radical (unpaired) electrons. The third-order valence-corrected chi connectivity index (χ3v) is 7.20. The van der Waals surface area contributed by atoms with Crippen molar-refractivity contribution in [2.45, 2.75) is 39.2 Å². The molecule has 4 unspecified atom stereocenters. The standard InChI is InChI=1S/C22H32N4O2/c1-14-4-3-5-18(15(14)2)24-19(27)13-25-8-10-26(11-9-25)22(28)20-16-6-7-17(12-16)21(20)23/h3-5,16-17,20-21H,6-13,23H2,1-2H3,(H,24,27). The topological polar surface area (TPSA) is 78.7 Å². The van der Waals surface area contributed by atoms with E-state index in [1.54, 1.807) is 0 Å². The Balaban J connectivity index is 1.27. The minimum atomic E-state index is 0.00333. The number of anilines is 1. The Kier molecular flexibility index (Phi) is 5.43. The molecule has 1 aromatic carbocycles. The molecule has 2 aliphatic carbocycles. The second-order valence-corrected chi connectivity index (χ2v) is 8.83. The molecule has 3 fully saturated rings. The summed E-state index contributed by atoms with van der Waals surface area (Å²) in [4.78, 5) is 29.5. The number of amides is 2. The van der Waals surface area contributed by atoms with Crippen molar-refractivity contribution in [1.29, 1.82) is 0 Å². The van der Waals surface area contributed by atoms with Crippen LogP contribution in [0.2, 0.25) is 0 Å².